The highest BCUT2D eigenvalue weighted by Gasteiger charge is 2.51. The number of nitrogens with zero attached hydrogens (tertiary/aromatic N) is 3. The first kappa shape index (κ1) is 42.6. The van der Waals surface area contributed by atoms with Crippen LogP contribution in [0, 0.1) is 18.3 Å². The molecule has 46 heavy (non-hydrogen) atoms. The fourth-order valence-corrected chi connectivity index (χ4v) is 4.49. The van der Waals surface area contributed by atoms with Crippen LogP contribution >= 0.6 is 11.8 Å². The van der Waals surface area contributed by atoms with Crippen LogP contribution in [0.25, 0.3) is 0 Å². The molecule has 1 aromatic carbocycles. The molecular formula is C33H53F4N7OS. The van der Waals surface area contributed by atoms with Gasteiger partial charge in [-0.2, -0.15) is 5.10 Å². The summed E-state index contributed by atoms with van der Waals surface area (Å²) in [5.74, 6) is 2.73. The van der Waals surface area contributed by atoms with E-state index in [2.05, 4.69) is 50.0 Å². The number of halogens is 4. The molecule has 1 aliphatic rings. The molecule has 2 aromatic heterocycles. The normalized spacial score (nSPS) is 13.1. The number of hydrogen-bond donors (Lipinski definition) is 4. The van der Waals surface area contributed by atoms with Gasteiger partial charge >= 0.3 is 0 Å². The number of anilines is 4. The fraction of sp³-hybridized carbons (Fsp3) is 0.576. The minimum Gasteiger partial charge on any atom is -0.388 e. The number of nitrogens with one attached hydrogen (secondary N) is 4. The topological polar surface area (TPSA) is 108 Å². The first-order valence-electron chi connectivity index (χ1n) is 15.5. The van der Waals surface area contributed by atoms with Crippen molar-refractivity contribution in [2.45, 2.75) is 103 Å². The maximum Gasteiger partial charge on any atom is 0.250 e. The largest absolute Gasteiger partial charge is 0.388 e. The highest BCUT2D eigenvalue weighted by Crippen LogP contribution is 2.48. The van der Waals surface area contributed by atoms with E-state index in [0.29, 0.717) is 49.6 Å². The number of benzene rings is 1. The third-order valence-corrected chi connectivity index (χ3v) is 7.28. The summed E-state index contributed by atoms with van der Waals surface area (Å²) in [6.07, 6.45) is 0.427. The second-order valence-electron chi connectivity index (χ2n) is 11.0. The molecule has 4 rings (SSSR count). The van der Waals surface area contributed by atoms with E-state index in [1.807, 2.05) is 71.1 Å². The van der Waals surface area contributed by atoms with Crippen LogP contribution in [0.1, 0.15) is 79.8 Å². The molecule has 3 aromatic rings. The zero-order chi connectivity index (χ0) is 35.3. The van der Waals surface area contributed by atoms with Crippen LogP contribution < -0.4 is 16.0 Å². The first-order chi connectivity index (χ1) is 21.8. The van der Waals surface area contributed by atoms with Crippen LogP contribution in [0.3, 0.4) is 0 Å². The van der Waals surface area contributed by atoms with Crippen LogP contribution in [0.15, 0.2) is 46.5 Å². The SMILES string of the molecule is CC.CCC(C)CC(C)(C)F.CCNc1cc(Nc2cc(C)[nH]n2)nc(Sc2ccc(NC)cc2)n1.CF.O=CC1(C(F)F)CC1. The molecule has 0 amide bonds. The van der Waals surface area contributed by atoms with Crippen molar-refractivity contribution in [3.8, 4) is 0 Å². The van der Waals surface area contributed by atoms with Gasteiger partial charge in [0.1, 0.15) is 23.6 Å². The lowest BCUT2D eigenvalue weighted by molar-refractivity contribution is -0.117. The van der Waals surface area contributed by atoms with Gasteiger partial charge in [0.2, 0.25) is 0 Å². The summed E-state index contributed by atoms with van der Waals surface area (Å²) in [5, 5.41) is 17.3. The number of alkyl halides is 4. The van der Waals surface area contributed by atoms with Gasteiger partial charge < -0.3 is 20.7 Å². The molecule has 1 unspecified atom stereocenters. The van der Waals surface area contributed by atoms with Crippen LogP contribution in [-0.2, 0) is 4.79 Å². The number of aryl methyl sites for hydroxylation is 1. The summed E-state index contributed by atoms with van der Waals surface area (Å²) >= 11 is 1.52. The molecule has 13 heteroatoms. The Hall–Kier alpha value is -3.35. The monoisotopic (exact) mass is 671 g/mol. The van der Waals surface area contributed by atoms with Crippen molar-refractivity contribution < 1.29 is 22.4 Å². The van der Waals surface area contributed by atoms with Crippen molar-refractivity contribution in [2.75, 3.05) is 36.7 Å². The fourth-order valence-electron chi connectivity index (χ4n) is 3.72. The van der Waals surface area contributed by atoms with Crippen LogP contribution in [0.4, 0.5) is 40.7 Å². The zero-order valence-electron chi connectivity index (χ0n) is 28.9. The van der Waals surface area contributed by atoms with E-state index in [9.17, 15) is 22.4 Å². The number of hydrogen-bond acceptors (Lipinski definition) is 8. The molecule has 260 valence electrons. The number of aromatic nitrogens is 4. The molecule has 2 heterocycles. The minimum absolute atomic E-state index is 0.369. The van der Waals surface area contributed by atoms with Gasteiger partial charge in [0, 0.05) is 42.0 Å². The van der Waals surface area contributed by atoms with Gasteiger partial charge in [-0.1, -0.05) is 34.1 Å². The molecule has 1 fully saturated rings. The molecule has 0 saturated heterocycles. The van der Waals surface area contributed by atoms with Crippen LogP contribution in [-0.4, -0.2) is 59.3 Å². The standard InChI is InChI=1S/C17H21N7S.C8H17F.C5H6F2O.C2H6.CH3F/c1-4-19-14-10-15(20-16-9-11(2)23-24-16)22-17(21-14)25-13-7-5-12(18-3)6-8-13;1-5-7(2)6-8(3,4)9;6-4(7)5(3-8)1-2-5;2*1-2/h5-10,18H,4H2,1-3H3,(H3,19,20,21,22,23,24);7H,5-6H2,1-4H3;3-4H,1-2H2;1-2H3;1H3. The van der Waals surface area contributed by atoms with Gasteiger partial charge in [-0.15, -0.1) is 0 Å². The van der Waals surface area contributed by atoms with E-state index in [-0.39, 0.29) is 0 Å². The molecule has 0 aliphatic heterocycles. The highest BCUT2D eigenvalue weighted by molar-refractivity contribution is 7.99. The minimum atomic E-state index is -2.44. The van der Waals surface area contributed by atoms with Gasteiger partial charge in [-0.25, -0.2) is 23.1 Å². The summed E-state index contributed by atoms with van der Waals surface area (Å²) in [6, 6.07) is 12.0. The number of H-pyrrole nitrogens is 1. The smallest absolute Gasteiger partial charge is 0.250 e. The number of aldehydes is 1. The predicted octanol–water partition coefficient (Wildman–Crippen LogP) is 9.89. The summed E-state index contributed by atoms with van der Waals surface area (Å²) in [6.45, 7) is 16.2. The molecule has 1 atom stereocenters. The second kappa shape index (κ2) is 22.2. The molecule has 0 radical (unpaired) electrons. The van der Waals surface area contributed by atoms with Crippen LogP contribution in [0.5, 0.6) is 0 Å². The van der Waals surface area contributed by atoms with E-state index < -0.39 is 17.5 Å². The van der Waals surface area contributed by atoms with Crippen molar-refractivity contribution in [3.05, 3.63) is 42.1 Å². The Morgan fingerprint density at radius 2 is 1.63 bits per heavy atom. The third-order valence-electron chi connectivity index (χ3n) is 6.41. The Morgan fingerprint density at radius 1 is 1.04 bits per heavy atom. The molecule has 4 N–H and O–H groups in total. The second-order valence-corrected chi connectivity index (χ2v) is 12.0. The average molecular weight is 672 g/mol. The van der Waals surface area contributed by atoms with Crippen molar-refractivity contribution in [1.29, 1.82) is 0 Å². The first-order valence-corrected chi connectivity index (χ1v) is 16.3. The summed E-state index contributed by atoms with van der Waals surface area (Å²) in [7, 11) is 2.40. The Kier molecular flexibility index (Phi) is 20.6. The van der Waals surface area contributed by atoms with Gasteiger partial charge in [0.05, 0.1) is 12.6 Å². The van der Waals surface area contributed by atoms with Gasteiger partial charge in [0.25, 0.3) is 6.43 Å². The number of aromatic amines is 1. The number of rotatable bonds is 12. The summed E-state index contributed by atoms with van der Waals surface area (Å²) in [5.41, 5.74) is -0.138. The Labute approximate surface area is 276 Å². The lowest BCUT2D eigenvalue weighted by Crippen LogP contribution is -2.15. The number of carbonyl (C=O) groups excluding carboxylic acids is 1. The Bertz CT molecular complexity index is 1230. The van der Waals surface area contributed by atoms with Crippen molar-refractivity contribution in [2.24, 2.45) is 11.3 Å². The average Bonchev–Trinajstić information content (AvgIpc) is 3.74. The summed E-state index contributed by atoms with van der Waals surface area (Å²) in [4.78, 5) is 20.1. The van der Waals surface area contributed by atoms with E-state index in [0.717, 1.165) is 40.9 Å². The van der Waals surface area contributed by atoms with Crippen LogP contribution in [0.2, 0.25) is 0 Å². The molecule has 0 spiro atoms. The molecule has 0 bridgehead atoms. The molecule has 1 aliphatic carbocycles. The van der Waals surface area contributed by atoms with Gasteiger partial charge in [-0.3, -0.25) is 9.49 Å². The quantitative estimate of drug-likeness (QED) is 0.0856. The maximum atomic E-state index is 12.8. The van der Waals surface area contributed by atoms with E-state index in [1.54, 1.807) is 13.8 Å². The predicted molar refractivity (Wildman–Crippen MR) is 184 cm³/mol. The maximum absolute atomic E-state index is 12.8. The van der Waals surface area contributed by atoms with E-state index in [1.165, 1.54) is 11.8 Å². The van der Waals surface area contributed by atoms with E-state index in [4.69, 9.17) is 0 Å². The zero-order valence-corrected chi connectivity index (χ0v) is 29.7. The molecular weight excluding hydrogens is 618 g/mol. The molecule has 1 saturated carbocycles. The van der Waals surface area contributed by atoms with Gasteiger partial charge in [-0.05, 0) is 88.9 Å². The Balaban J connectivity index is 0.000000791. The molecule has 8 nitrogen and oxygen atoms in total. The Morgan fingerprint density at radius 3 is 2.00 bits per heavy atom. The lowest BCUT2D eigenvalue weighted by Gasteiger charge is -2.17. The van der Waals surface area contributed by atoms with E-state index >= 15 is 0 Å². The number of carbonyl (C=O) groups is 1. The van der Waals surface area contributed by atoms with Crippen molar-refractivity contribution in [3.63, 3.8) is 0 Å². The van der Waals surface area contributed by atoms with Crippen molar-refractivity contribution >= 4 is 41.2 Å². The van der Waals surface area contributed by atoms with Crippen molar-refractivity contribution in [1.82, 2.24) is 20.2 Å². The summed E-state index contributed by atoms with van der Waals surface area (Å²) < 4.78 is 45.6. The third kappa shape index (κ3) is 16.8. The highest BCUT2D eigenvalue weighted by atomic mass is 32.2. The lowest BCUT2D eigenvalue weighted by atomic mass is 9.95. The van der Waals surface area contributed by atoms with Gasteiger partial charge in [0.15, 0.2) is 11.0 Å².